The Morgan fingerprint density at radius 2 is 1.88 bits per heavy atom. The van der Waals surface area contributed by atoms with Crippen molar-refractivity contribution in [1.29, 1.82) is 0 Å². The summed E-state index contributed by atoms with van der Waals surface area (Å²) in [4.78, 5) is 63.4. The number of imide groups is 2. The van der Waals surface area contributed by atoms with Gasteiger partial charge >= 0.3 is 5.97 Å². The van der Waals surface area contributed by atoms with Crippen LogP contribution in [-0.2, 0) is 24.0 Å². The molecule has 41 heavy (non-hydrogen) atoms. The molecule has 0 spiro atoms. The first-order valence-corrected chi connectivity index (χ1v) is 14.9. The van der Waals surface area contributed by atoms with Crippen LogP contribution in [0.5, 0.6) is 11.5 Å². The van der Waals surface area contributed by atoms with Gasteiger partial charge in [0.05, 0.1) is 24.4 Å². The van der Waals surface area contributed by atoms with Crippen molar-refractivity contribution in [3.05, 3.63) is 41.5 Å². The second-order valence-electron chi connectivity index (χ2n) is 10.6. The molecule has 2 heterocycles. The van der Waals surface area contributed by atoms with Gasteiger partial charge in [-0.1, -0.05) is 45.8 Å². The summed E-state index contributed by atoms with van der Waals surface area (Å²) in [6, 6.07) is 4.68. The summed E-state index contributed by atoms with van der Waals surface area (Å²) in [7, 11) is 1.41. The van der Waals surface area contributed by atoms with Gasteiger partial charge in [-0.05, 0) is 42.9 Å². The van der Waals surface area contributed by atoms with Crippen LogP contribution in [-0.4, -0.2) is 78.5 Å². The highest BCUT2D eigenvalue weighted by Gasteiger charge is 2.75. The third-order valence-corrected chi connectivity index (χ3v) is 10.6. The molecule has 3 fully saturated rings. The third kappa shape index (κ3) is 4.39. The Morgan fingerprint density at radius 3 is 2.54 bits per heavy atom. The zero-order chi connectivity index (χ0) is 29.9. The fraction of sp³-hybridized carbons (Fsp3) is 0.464. The molecule has 13 heteroatoms. The molecule has 0 bridgehead atoms. The highest BCUT2D eigenvalue weighted by atomic mass is 79.9. The first-order chi connectivity index (χ1) is 19.4. The summed E-state index contributed by atoms with van der Waals surface area (Å²) in [6.07, 6.45) is 5.20. The van der Waals surface area contributed by atoms with E-state index in [9.17, 15) is 29.1 Å². The molecule has 0 radical (unpaired) electrons. The SMILES string of the molecule is COc1cc(C=CC2C3=CCC4C(=O)N(CCCC(=O)O)C(=O)C4C3CC3(Cl)C(=O)N(CBr)C(=O)C23Cl)ccc1O. The lowest BCUT2D eigenvalue weighted by atomic mass is 9.57. The number of benzene rings is 1. The van der Waals surface area contributed by atoms with E-state index in [-0.39, 0.29) is 55.1 Å². The number of fused-ring (bicyclic) bond motifs is 4. The van der Waals surface area contributed by atoms with Crippen LogP contribution in [0.4, 0.5) is 0 Å². The van der Waals surface area contributed by atoms with Crippen LogP contribution < -0.4 is 4.74 Å². The van der Waals surface area contributed by atoms with E-state index in [1.54, 1.807) is 24.3 Å². The number of phenolic OH excluding ortho intramolecular Hbond substituents is 1. The number of rotatable bonds is 8. The van der Waals surface area contributed by atoms with Crippen molar-refractivity contribution >= 4 is 74.8 Å². The molecule has 6 unspecified atom stereocenters. The summed E-state index contributed by atoms with van der Waals surface area (Å²) in [5.41, 5.74) is 1.14. The summed E-state index contributed by atoms with van der Waals surface area (Å²) in [5, 5.41) is 19.0. The summed E-state index contributed by atoms with van der Waals surface area (Å²) in [6.45, 7) is -0.0225. The minimum atomic E-state index is -1.90. The van der Waals surface area contributed by atoms with Crippen molar-refractivity contribution < 1.29 is 38.9 Å². The number of aromatic hydroxyl groups is 1. The molecule has 4 amide bonds. The molecule has 6 atom stereocenters. The lowest BCUT2D eigenvalue weighted by Gasteiger charge is -2.49. The Hall–Kier alpha value is -2.89. The number of ether oxygens (including phenoxy) is 1. The van der Waals surface area contributed by atoms with Gasteiger partial charge in [0, 0.05) is 18.9 Å². The molecule has 2 saturated heterocycles. The lowest BCUT2D eigenvalue weighted by molar-refractivity contribution is -0.142. The Labute approximate surface area is 254 Å². The van der Waals surface area contributed by atoms with E-state index in [0.717, 1.165) is 9.80 Å². The molecule has 2 N–H and O–H groups in total. The Morgan fingerprint density at radius 1 is 1.15 bits per heavy atom. The Kier molecular flexibility index (Phi) is 7.76. The van der Waals surface area contributed by atoms with Crippen molar-refractivity contribution in [3.8, 4) is 11.5 Å². The predicted octanol–water partition coefficient (Wildman–Crippen LogP) is 3.52. The Bertz CT molecular complexity index is 1420. The van der Waals surface area contributed by atoms with Gasteiger partial charge < -0.3 is 14.9 Å². The maximum Gasteiger partial charge on any atom is 0.303 e. The number of likely N-dealkylation sites (tertiary alicyclic amines) is 2. The average Bonchev–Trinajstić information content (AvgIpc) is 3.26. The van der Waals surface area contributed by atoms with E-state index in [4.69, 9.17) is 33.0 Å². The van der Waals surface area contributed by atoms with E-state index in [1.165, 1.54) is 13.2 Å². The van der Waals surface area contributed by atoms with Crippen molar-refractivity contribution in [1.82, 2.24) is 9.80 Å². The standard InChI is InChI=1S/C28H27BrCl2N2O8/c1-41-20-11-14(5-9-19(20)34)4-8-18-15-6-7-16-22(24(38)32(23(16)37)10-2-3-21(35)36)17(15)12-27(30)25(39)33(13-29)26(40)28(18,27)31/h4-6,8-9,11,16-18,22,34H,2-3,7,10,12-13H2,1H3,(H,35,36). The van der Waals surface area contributed by atoms with Gasteiger partial charge in [0.1, 0.15) is 0 Å². The maximum absolute atomic E-state index is 13.7. The minimum absolute atomic E-state index is 0.0225. The number of carbonyl (C=O) groups excluding carboxylic acids is 4. The molecule has 2 aliphatic carbocycles. The quantitative estimate of drug-likeness (QED) is 0.185. The number of halogens is 3. The van der Waals surface area contributed by atoms with Gasteiger partial charge in [0.2, 0.25) is 11.8 Å². The van der Waals surface area contributed by atoms with Crippen LogP contribution >= 0.6 is 39.1 Å². The number of phenols is 1. The topological polar surface area (TPSA) is 142 Å². The molecule has 10 nitrogen and oxygen atoms in total. The van der Waals surface area contributed by atoms with Crippen molar-refractivity contribution in [3.63, 3.8) is 0 Å². The zero-order valence-electron chi connectivity index (χ0n) is 21.9. The number of hydrogen-bond donors (Lipinski definition) is 2. The molecular formula is C28H27BrCl2N2O8. The molecule has 1 saturated carbocycles. The highest BCUT2D eigenvalue weighted by molar-refractivity contribution is 9.09. The predicted molar refractivity (Wildman–Crippen MR) is 151 cm³/mol. The summed E-state index contributed by atoms with van der Waals surface area (Å²) >= 11 is 17.4. The number of allylic oxidation sites excluding steroid dienone is 3. The van der Waals surface area contributed by atoms with Gasteiger partial charge in [0.25, 0.3) is 11.8 Å². The van der Waals surface area contributed by atoms with Crippen LogP contribution in [0.15, 0.2) is 35.9 Å². The number of alkyl halides is 3. The minimum Gasteiger partial charge on any atom is -0.504 e. The monoisotopic (exact) mass is 668 g/mol. The van der Waals surface area contributed by atoms with Gasteiger partial charge in [-0.3, -0.25) is 33.8 Å². The number of methoxy groups -OCH3 is 1. The molecule has 1 aromatic carbocycles. The number of hydrogen-bond acceptors (Lipinski definition) is 7. The number of nitrogens with zero attached hydrogens (tertiary/aromatic N) is 2. The molecule has 1 aromatic rings. The zero-order valence-corrected chi connectivity index (χ0v) is 25.0. The summed E-state index contributed by atoms with van der Waals surface area (Å²) in [5.74, 6) is -6.10. The first kappa shape index (κ1) is 29.6. The van der Waals surface area contributed by atoms with E-state index in [2.05, 4.69) is 15.9 Å². The second kappa shape index (κ2) is 10.7. The highest BCUT2D eigenvalue weighted by Crippen LogP contribution is 2.63. The van der Waals surface area contributed by atoms with Gasteiger partial charge in [-0.2, -0.15) is 0 Å². The molecule has 218 valence electrons. The first-order valence-electron chi connectivity index (χ1n) is 13.0. The molecular weight excluding hydrogens is 643 g/mol. The summed E-state index contributed by atoms with van der Waals surface area (Å²) < 4.78 is 5.19. The fourth-order valence-corrected chi connectivity index (χ4v) is 8.06. The van der Waals surface area contributed by atoms with E-state index in [0.29, 0.717) is 11.1 Å². The van der Waals surface area contributed by atoms with Crippen LogP contribution in [0.25, 0.3) is 6.08 Å². The van der Waals surface area contributed by atoms with Crippen LogP contribution in [0.3, 0.4) is 0 Å². The van der Waals surface area contributed by atoms with E-state index in [1.807, 2.05) is 6.08 Å². The van der Waals surface area contributed by atoms with Crippen molar-refractivity contribution in [2.24, 2.45) is 23.7 Å². The van der Waals surface area contributed by atoms with Gasteiger partial charge in [-0.15, -0.1) is 23.2 Å². The number of carbonyl (C=O) groups is 5. The second-order valence-corrected chi connectivity index (χ2v) is 12.4. The van der Waals surface area contributed by atoms with E-state index >= 15 is 0 Å². The van der Waals surface area contributed by atoms with Crippen LogP contribution in [0, 0.1) is 23.7 Å². The average molecular weight is 670 g/mol. The lowest BCUT2D eigenvalue weighted by Crippen LogP contribution is -2.60. The number of carboxylic acids is 1. The maximum atomic E-state index is 13.7. The van der Waals surface area contributed by atoms with Crippen molar-refractivity contribution in [2.75, 3.05) is 19.1 Å². The number of aliphatic carboxylic acids is 1. The van der Waals surface area contributed by atoms with E-state index < -0.39 is 57.1 Å². The smallest absolute Gasteiger partial charge is 0.303 e. The Balaban J connectivity index is 1.57. The largest absolute Gasteiger partial charge is 0.504 e. The molecule has 2 aliphatic heterocycles. The fourth-order valence-electron chi connectivity index (χ4n) is 6.68. The van der Waals surface area contributed by atoms with Crippen molar-refractivity contribution in [2.45, 2.75) is 35.4 Å². The van der Waals surface area contributed by atoms with Crippen LogP contribution in [0.1, 0.15) is 31.2 Å². The number of carboxylic acid groups (broad SMARTS) is 1. The van der Waals surface area contributed by atoms with Gasteiger partial charge in [-0.25, -0.2) is 0 Å². The molecule has 5 rings (SSSR count). The third-order valence-electron chi connectivity index (χ3n) is 8.62. The molecule has 4 aliphatic rings. The van der Waals surface area contributed by atoms with Crippen LogP contribution in [0.2, 0.25) is 0 Å². The normalized spacial score (nSPS) is 32.7. The van der Waals surface area contributed by atoms with Gasteiger partial charge in [0.15, 0.2) is 21.2 Å². The molecule has 0 aromatic heterocycles. The number of amides is 4.